The van der Waals surface area contributed by atoms with Crippen LogP contribution in [-0.2, 0) is 25.5 Å². The minimum absolute atomic E-state index is 0.0631. The zero-order chi connectivity index (χ0) is 20.5. The molecule has 0 bridgehead atoms. The van der Waals surface area contributed by atoms with Gasteiger partial charge in [0.25, 0.3) is 5.91 Å². The van der Waals surface area contributed by atoms with Gasteiger partial charge in [0, 0.05) is 12.6 Å². The molecule has 2 amide bonds. The van der Waals surface area contributed by atoms with E-state index in [9.17, 15) is 14.4 Å². The van der Waals surface area contributed by atoms with E-state index in [1.165, 1.54) is 19.4 Å². The largest absolute Gasteiger partial charge is 0.452 e. The molecule has 0 radical (unpaired) electrons. The van der Waals surface area contributed by atoms with Crippen LogP contribution in [0.3, 0.4) is 0 Å². The normalized spacial score (nSPS) is 12.5. The summed E-state index contributed by atoms with van der Waals surface area (Å²) < 4.78 is 5.26. The van der Waals surface area contributed by atoms with Crippen molar-refractivity contribution >= 4 is 23.5 Å². The van der Waals surface area contributed by atoms with Crippen LogP contribution in [0.5, 0.6) is 0 Å². The lowest BCUT2D eigenvalue weighted by Crippen LogP contribution is -2.33. The number of nitrogens with one attached hydrogen (secondary N) is 2. The molecule has 2 aromatic carbocycles. The number of carbonyl (C=O) groups is 3. The van der Waals surface area contributed by atoms with Crippen molar-refractivity contribution in [3.05, 3.63) is 65.7 Å². The molecule has 0 aliphatic carbocycles. The molecule has 148 valence electrons. The zero-order valence-corrected chi connectivity index (χ0v) is 16.4. The van der Waals surface area contributed by atoms with Gasteiger partial charge >= 0.3 is 5.97 Å². The van der Waals surface area contributed by atoms with Crippen LogP contribution in [0.25, 0.3) is 0 Å². The monoisotopic (exact) mass is 382 g/mol. The summed E-state index contributed by atoms with van der Waals surface area (Å²) in [5.74, 6) is -1.22. The van der Waals surface area contributed by atoms with E-state index in [0.29, 0.717) is 5.69 Å². The molecule has 0 aliphatic rings. The highest BCUT2D eigenvalue weighted by molar-refractivity contribution is 5.95. The van der Waals surface area contributed by atoms with Gasteiger partial charge in [-0.1, -0.05) is 49.4 Å². The smallest absolute Gasteiger partial charge is 0.309 e. The van der Waals surface area contributed by atoms with E-state index >= 15 is 0 Å². The highest BCUT2D eigenvalue weighted by Gasteiger charge is 2.22. The fourth-order valence-corrected chi connectivity index (χ4v) is 2.72. The van der Waals surface area contributed by atoms with Gasteiger partial charge in [-0.15, -0.1) is 0 Å². The second-order valence-corrected chi connectivity index (χ2v) is 6.54. The molecule has 2 atom stereocenters. The summed E-state index contributed by atoms with van der Waals surface area (Å²) in [6.45, 7) is 4.96. The molecule has 6 heteroatoms. The number of anilines is 1. The van der Waals surface area contributed by atoms with Gasteiger partial charge < -0.3 is 15.4 Å². The van der Waals surface area contributed by atoms with Crippen LogP contribution >= 0.6 is 0 Å². The van der Waals surface area contributed by atoms with Crippen molar-refractivity contribution in [2.75, 3.05) is 5.32 Å². The summed E-state index contributed by atoms with van der Waals surface area (Å²) in [5, 5.41) is 5.47. The van der Waals surface area contributed by atoms with Gasteiger partial charge in [0.15, 0.2) is 6.10 Å². The van der Waals surface area contributed by atoms with Crippen LogP contribution in [0.2, 0.25) is 0 Å². The number of ether oxygens (including phenoxy) is 1. The van der Waals surface area contributed by atoms with Gasteiger partial charge in [-0.3, -0.25) is 14.4 Å². The molecule has 0 saturated carbocycles. The number of carbonyl (C=O) groups excluding carboxylic acids is 3. The quantitative estimate of drug-likeness (QED) is 0.686. The second-order valence-electron chi connectivity index (χ2n) is 6.54. The molecule has 2 rings (SSSR count). The maximum absolute atomic E-state index is 12.3. The number of amides is 2. The van der Waals surface area contributed by atoms with E-state index in [2.05, 4.69) is 17.6 Å². The molecule has 2 aromatic rings. The van der Waals surface area contributed by atoms with Crippen LogP contribution in [0.4, 0.5) is 5.69 Å². The Morgan fingerprint density at radius 3 is 2.21 bits per heavy atom. The first-order valence-electron chi connectivity index (χ1n) is 9.30. The average Bonchev–Trinajstić information content (AvgIpc) is 2.68. The van der Waals surface area contributed by atoms with Crippen LogP contribution in [0.15, 0.2) is 54.6 Å². The molecule has 0 heterocycles. The number of rotatable bonds is 8. The Kier molecular flexibility index (Phi) is 7.75. The Balaban J connectivity index is 1.93. The maximum atomic E-state index is 12.3. The molecule has 2 N–H and O–H groups in total. The van der Waals surface area contributed by atoms with E-state index in [4.69, 9.17) is 4.74 Å². The van der Waals surface area contributed by atoms with Gasteiger partial charge in [0.05, 0.1) is 12.5 Å². The predicted octanol–water partition coefficient (Wildman–Crippen LogP) is 3.39. The first kappa shape index (κ1) is 21.2. The molecule has 0 aromatic heterocycles. The van der Waals surface area contributed by atoms with E-state index in [-0.39, 0.29) is 12.3 Å². The standard InChI is InChI=1S/C22H26N2O4/c1-4-17-10-12-19(13-11-17)24-22(27)15(2)28-21(26)14-20(23-16(3)25)18-8-6-5-7-9-18/h5-13,15,20H,4,14H2,1-3H3,(H,23,25)(H,24,27)/t15-,20-/m1/s1. The van der Waals surface area contributed by atoms with Crippen LogP contribution in [-0.4, -0.2) is 23.9 Å². The summed E-state index contributed by atoms with van der Waals surface area (Å²) in [4.78, 5) is 36.0. The molecule has 28 heavy (non-hydrogen) atoms. The van der Waals surface area contributed by atoms with Gasteiger partial charge in [0.1, 0.15) is 0 Å². The molecule has 0 saturated heterocycles. The van der Waals surface area contributed by atoms with E-state index in [1.54, 1.807) is 0 Å². The molecular formula is C22H26N2O4. The predicted molar refractivity (Wildman–Crippen MR) is 108 cm³/mol. The third kappa shape index (κ3) is 6.54. The lowest BCUT2D eigenvalue weighted by molar-refractivity contribution is -0.153. The van der Waals surface area contributed by atoms with E-state index in [1.807, 2.05) is 54.6 Å². The zero-order valence-electron chi connectivity index (χ0n) is 16.4. The number of benzene rings is 2. The van der Waals surface area contributed by atoms with E-state index in [0.717, 1.165) is 12.0 Å². The second kappa shape index (κ2) is 10.3. The summed E-state index contributed by atoms with van der Waals surface area (Å²) in [6.07, 6.45) is -0.0990. The number of hydrogen-bond donors (Lipinski definition) is 2. The lowest BCUT2D eigenvalue weighted by atomic mass is 10.0. The number of hydrogen-bond acceptors (Lipinski definition) is 4. The SMILES string of the molecule is CCc1ccc(NC(=O)[C@@H](C)OC(=O)C[C@@H](NC(C)=O)c2ccccc2)cc1. The van der Waals surface area contributed by atoms with Gasteiger partial charge in [-0.2, -0.15) is 0 Å². The molecule has 0 spiro atoms. The van der Waals surface area contributed by atoms with Crippen LogP contribution in [0.1, 0.15) is 44.4 Å². The molecule has 0 fully saturated rings. The molecular weight excluding hydrogens is 356 g/mol. The maximum Gasteiger partial charge on any atom is 0.309 e. The summed E-state index contributed by atoms with van der Waals surface area (Å²) >= 11 is 0. The minimum atomic E-state index is -0.952. The highest BCUT2D eigenvalue weighted by Crippen LogP contribution is 2.18. The third-order valence-corrected chi connectivity index (χ3v) is 4.26. The summed E-state index contributed by atoms with van der Waals surface area (Å²) in [5.41, 5.74) is 2.61. The van der Waals surface area contributed by atoms with Crippen molar-refractivity contribution < 1.29 is 19.1 Å². The topological polar surface area (TPSA) is 84.5 Å². The first-order chi connectivity index (χ1) is 13.4. The van der Waals surface area contributed by atoms with Crippen molar-refractivity contribution in [2.45, 2.75) is 45.8 Å². The first-order valence-corrected chi connectivity index (χ1v) is 9.30. The van der Waals surface area contributed by atoms with Gasteiger partial charge in [0.2, 0.25) is 5.91 Å². The Morgan fingerprint density at radius 2 is 1.64 bits per heavy atom. The summed E-state index contributed by atoms with van der Waals surface area (Å²) in [7, 11) is 0. The molecule has 6 nitrogen and oxygen atoms in total. The Bertz CT molecular complexity index is 803. The van der Waals surface area contributed by atoms with Crippen LogP contribution in [0, 0.1) is 0 Å². The van der Waals surface area contributed by atoms with Crippen molar-refractivity contribution in [3.8, 4) is 0 Å². The Hall–Kier alpha value is -3.15. The molecule has 0 unspecified atom stereocenters. The number of esters is 1. The minimum Gasteiger partial charge on any atom is -0.452 e. The fraction of sp³-hybridized carbons (Fsp3) is 0.318. The third-order valence-electron chi connectivity index (χ3n) is 4.26. The summed E-state index contributed by atoms with van der Waals surface area (Å²) in [6, 6.07) is 16.1. The van der Waals surface area contributed by atoms with Crippen LogP contribution < -0.4 is 10.6 Å². The fourth-order valence-electron chi connectivity index (χ4n) is 2.72. The lowest BCUT2D eigenvalue weighted by Gasteiger charge is -2.19. The molecule has 0 aliphatic heterocycles. The van der Waals surface area contributed by atoms with Crippen molar-refractivity contribution in [2.24, 2.45) is 0 Å². The Labute approximate surface area is 165 Å². The Morgan fingerprint density at radius 1 is 1.00 bits per heavy atom. The number of aryl methyl sites for hydroxylation is 1. The van der Waals surface area contributed by atoms with Crippen molar-refractivity contribution in [3.63, 3.8) is 0 Å². The van der Waals surface area contributed by atoms with E-state index < -0.39 is 24.0 Å². The van der Waals surface area contributed by atoms with Gasteiger partial charge in [-0.05, 0) is 36.6 Å². The van der Waals surface area contributed by atoms with Crippen molar-refractivity contribution in [1.29, 1.82) is 0 Å². The average molecular weight is 382 g/mol. The van der Waals surface area contributed by atoms with Gasteiger partial charge in [-0.25, -0.2) is 0 Å². The highest BCUT2D eigenvalue weighted by atomic mass is 16.5. The van der Waals surface area contributed by atoms with Crippen molar-refractivity contribution in [1.82, 2.24) is 5.32 Å².